The number of aromatic nitrogens is 1. The predicted molar refractivity (Wildman–Crippen MR) is 121 cm³/mol. The molecule has 6 nitrogen and oxygen atoms in total. The van der Waals surface area contributed by atoms with E-state index in [0.717, 1.165) is 46.4 Å². The van der Waals surface area contributed by atoms with Gasteiger partial charge in [-0.05, 0) is 37.6 Å². The number of hydrogen-bond acceptors (Lipinski definition) is 5. The van der Waals surface area contributed by atoms with Crippen LogP contribution in [0.2, 0.25) is 0 Å². The van der Waals surface area contributed by atoms with Crippen molar-refractivity contribution in [3.8, 4) is 11.5 Å². The van der Waals surface area contributed by atoms with Gasteiger partial charge in [-0.25, -0.2) is 4.98 Å². The number of morpholine rings is 1. The number of nitrogens with zero attached hydrogens (tertiary/aromatic N) is 2. The minimum absolute atomic E-state index is 0.0377. The summed E-state index contributed by atoms with van der Waals surface area (Å²) in [4.78, 5) is 18.7. The molecule has 3 aromatic rings. The van der Waals surface area contributed by atoms with Gasteiger partial charge >= 0.3 is 0 Å². The highest BCUT2D eigenvalue weighted by Crippen LogP contribution is 2.31. The van der Waals surface area contributed by atoms with E-state index in [0.29, 0.717) is 32.1 Å². The summed E-state index contributed by atoms with van der Waals surface area (Å²) in [7, 11) is 0. The summed E-state index contributed by atoms with van der Waals surface area (Å²) < 4.78 is 17.4. The van der Waals surface area contributed by atoms with Gasteiger partial charge in [0.1, 0.15) is 24.7 Å². The first-order valence-corrected chi connectivity index (χ1v) is 10.8. The van der Waals surface area contributed by atoms with E-state index in [1.54, 1.807) is 4.90 Å². The number of hydrogen-bond donors (Lipinski definition) is 0. The summed E-state index contributed by atoms with van der Waals surface area (Å²) in [6, 6.07) is 15.6. The molecule has 4 rings (SSSR count). The molecule has 31 heavy (non-hydrogen) atoms. The van der Waals surface area contributed by atoms with Crippen LogP contribution in [0.4, 0.5) is 5.69 Å². The fraction of sp³-hybridized carbons (Fsp3) is 0.360. The monoisotopic (exact) mass is 420 g/mol. The number of carbonyl (C=O) groups excluding carboxylic acids is 1. The molecule has 1 fully saturated rings. The second-order valence-corrected chi connectivity index (χ2v) is 7.62. The normalized spacial score (nSPS) is 14.1. The molecule has 1 saturated heterocycles. The number of anilines is 1. The number of fused-ring (bicyclic) bond motifs is 1. The minimum atomic E-state index is -0.0377. The maximum atomic E-state index is 12.1. The second-order valence-electron chi connectivity index (χ2n) is 7.62. The molecule has 6 heteroatoms. The van der Waals surface area contributed by atoms with Crippen molar-refractivity contribution in [1.82, 2.24) is 4.98 Å². The van der Waals surface area contributed by atoms with Crippen LogP contribution in [0.1, 0.15) is 31.0 Å². The van der Waals surface area contributed by atoms with E-state index in [2.05, 4.69) is 6.92 Å². The number of benzene rings is 2. The zero-order valence-electron chi connectivity index (χ0n) is 18.1. The average Bonchev–Trinajstić information content (AvgIpc) is 2.80. The van der Waals surface area contributed by atoms with Crippen LogP contribution >= 0.6 is 0 Å². The predicted octanol–water partition coefficient (Wildman–Crippen LogP) is 4.66. The molecule has 0 radical (unpaired) electrons. The molecule has 2 aromatic carbocycles. The van der Waals surface area contributed by atoms with Crippen LogP contribution in [0.3, 0.4) is 0 Å². The first kappa shape index (κ1) is 21.1. The van der Waals surface area contributed by atoms with Gasteiger partial charge in [-0.3, -0.25) is 4.79 Å². The maximum Gasteiger partial charge on any atom is 0.253 e. The Balaban J connectivity index is 1.56. The maximum absolute atomic E-state index is 12.1. The van der Waals surface area contributed by atoms with Crippen molar-refractivity contribution in [2.75, 3.05) is 31.3 Å². The Bertz CT molecular complexity index is 1070. The molecule has 1 amide bonds. The Morgan fingerprint density at radius 2 is 2.00 bits per heavy atom. The summed E-state index contributed by atoms with van der Waals surface area (Å²) >= 11 is 0. The summed E-state index contributed by atoms with van der Waals surface area (Å²) in [5, 5.41) is 1.02. The molecule has 0 unspecified atom stereocenters. The highest BCUT2D eigenvalue weighted by atomic mass is 16.5. The molecule has 0 saturated carbocycles. The van der Waals surface area contributed by atoms with E-state index in [-0.39, 0.29) is 12.5 Å². The Morgan fingerprint density at radius 3 is 2.84 bits per heavy atom. The third kappa shape index (κ3) is 4.80. The standard InChI is InChI=1S/C25H28N2O4/c1-3-4-13-30-25-18(2)23(26-22-11-6-5-10-21(22)25)16-31-20-9-7-8-19(15-20)27-12-14-29-17-24(27)28/h5-11,15H,3-4,12-14,16-17H2,1-2H3. The molecule has 1 aliphatic rings. The fourth-order valence-electron chi connectivity index (χ4n) is 3.65. The number of amides is 1. The molecular formula is C25H28N2O4. The van der Waals surface area contributed by atoms with Crippen LogP contribution in [-0.4, -0.2) is 37.3 Å². The van der Waals surface area contributed by atoms with Gasteiger partial charge in [0.25, 0.3) is 5.91 Å². The molecule has 0 atom stereocenters. The van der Waals surface area contributed by atoms with E-state index in [4.69, 9.17) is 19.2 Å². The third-order valence-corrected chi connectivity index (χ3v) is 5.41. The van der Waals surface area contributed by atoms with E-state index in [9.17, 15) is 4.79 Å². The van der Waals surface area contributed by atoms with E-state index >= 15 is 0 Å². The first-order valence-electron chi connectivity index (χ1n) is 10.8. The molecule has 0 N–H and O–H groups in total. The fourth-order valence-corrected chi connectivity index (χ4v) is 3.65. The minimum Gasteiger partial charge on any atom is -0.493 e. The SMILES string of the molecule is CCCCOc1c(C)c(COc2cccc(N3CCOCC3=O)c2)nc2ccccc12. The highest BCUT2D eigenvalue weighted by Gasteiger charge is 2.20. The van der Waals surface area contributed by atoms with Crippen LogP contribution in [0, 0.1) is 6.92 Å². The zero-order valence-corrected chi connectivity index (χ0v) is 18.1. The number of pyridine rings is 1. The van der Waals surface area contributed by atoms with E-state index < -0.39 is 0 Å². The van der Waals surface area contributed by atoms with Crippen LogP contribution in [0.5, 0.6) is 11.5 Å². The molecule has 1 aliphatic heterocycles. The Labute approximate surface area is 182 Å². The third-order valence-electron chi connectivity index (χ3n) is 5.41. The van der Waals surface area contributed by atoms with Crippen molar-refractivity contribution in [2.24, 2.45) is 0 Å². The number of rotatable bonds is 8. The van der Waals surface area contributed by atoms with Crippen molar-refractivity contribution >= 4 is 22.5 Å². The lowest BCUT2D eigenvalue weighted by molar-refractivity contribution is -0.125. The topological polar surface area (TPSA) is 60.9 Å². The van der Waals surface area contributed by atoms with Crippen molar-refractivity contribution in [1.29, 1.82) is 0 Å². The quantitative estimate of drug-likeness (QED) is 0.496. The van der Waals surface area contributed by atoms with Gasteiger partial charge in [-0.1, -0.05) is 31.5 Å². The summed E-state index contributed by atoms with van der Waals surface area (Å²) in [5.74, 6) is 1.54. The van der Waals surface area contributed by atoms with Gasteiger partial charge in [0.05, 0.1) is 24.4 Å². The van der Waals surface area contributed by atoms with Gasteiger partial charge in [-0.2, -0.15) is 0 Å². The lowest BCUT2D eigenvalue weighted by Gasteiger charge is -2.27. The largest absolute Gasteiger partial charge is 0.493 e. The lowest BCUT2D eigenvalue weighted by atomic mass is 10.1. The highest BCUT2D eigenvalue weighted by molar-refractivity contribution is 5.95. The lowest BCUT2D eigenvalue weighted by Crippen LogP contribution is -2.41. The van der Waals surface area contributed by atoms with Crippen molar-refractivity contribution in [2.45, 2.75) is 33.3 Å². The van der Waals surface area contributed by atoms with Crippen LogP contribution in [0.15, 0.2) is 48.5 Å². The molecule has 1 aromatic heterocycles. The van der Waals surface area contributed by atoms with Crippen molar-refractivity contribution < 1.29 is 19.0 Å². The Kier molecular flexibility index (Phi) is 6.67. The van der Waals surface area contributed by atoms with Gasteiger partial charge < -0.3 is 19.1 Å². The molecule has 162 valence electrons. The molecule has 2 heterocycles. The molecule has 0 aliphatic carbocycles. The van der Waals surface area contributed by atoms with Gasteiger partial charge in [0.15, 0.2) is 0 Å². The number of carbonyl (C=O) groups is 1. The molecule has 0 spiro atoms. The smallest absolute Gasteiger partial charge is 0.253 e. The van der Waals surface area contributed by atoms with E-state index in [1.165, 1.54) is 0 Å². The summed E-state index contributed by atoms with van der Waals surface area (Å²) in [5.41, 5.74) is 3.55. The number of unbranched alkanes of at least 4 members (excludes halogenated alkanes) is 1. The van der Waals surface area contributed by atoms with Gasteiger partial charge in [0, 0.05) is 29.2 Å². The van der Waals surface area contributed by atoms with Crippen molar-refractivity contribution in [3.63, 3.8) is 0 Å². The van der Waals surface area contributed by atoms with Crippen LogP contribution in [0.25, 0.3) is 10.9 Å². The molecule has 0 bridgehead atoms. The average molecular weight is 421 g/mol. The van der Waals surface area contributed by atoms with Gasteiger partial charge in [0.2, 0.25) is 0 Å². The Morgan fingerprint density at radius 1 is 1.13 bits per heavy atom. The zero-order chi connectivity index (χ0) is 21.6. The number of ether oxygens (including phenoxy) is 3. The molecular weight excluding hydrogens is 392 g/mol. The Hall–Kier alpha value is -3.12. The van der Waals surface area contributed by atoms with E-state index in [1.807, 2.05) is 55.5 Å². The first-order chi connectivity index (χ1) is 15.2. The van der Waals surface area contributed by atoms with Crippen molar-refractivity contribution in [3.05, 3.63) is 59.8 Å². The van der Waals surface area contributed by atoms with Crippen LogP contribution < -0.4 is 14.4 Å². The summed E-state index contributed by atoms with van der Waals surface area (Å²) in [6.07, 6.45) is 2.09. The number of para-hydroxylation sites is 1. The van der Waals surface area contributed by atoms with Crippen LogP contribution in [-0.2, 0) is 16.1 Å². The second kappa shape index (κ2) is 9.79. The van der Waals surface area contributed by atoms with Gasteiger partial charge in [-0.15, -0.1) is 0 Å². The summed E-state index contributed by atoms with van der Waals surface area (Å²) in [6.45, 7) is 6.39.